The van der Waals surface area contributed by atoms with Crippen LogP contribution in [0.2, 0.25) is 0 Å². The summed E-state index contributed by atoms with van der Waals surface area (Å²) in [5.74, 6) is -0.533. The van der Waals surface area contributed by atoms with Crippen LogP contribution < -0.4 is 4.90 Å². The molecule has 0 heterocycles. The van der Waals surface area contributed by atoms with Gasteiger partial charge >= 0.3 is 5.97 Å². The van der Waals surface area contributed by atoms with E-state index in [1.807, 2.05) is 30.3 Å². The van der Waals surface area contributed by atoms with Crippen LogP contribution in [0.15, 0.2) is 29.8 Å². The van der Waals surface area contributed by atoms with Gasteiger partial charge in [0.25, 0.3) is 0 Å². The van der Waals surface area contributed by atoms with E-state index in [1.165, 1.54) is 25.7 Å². The highest BCUT2D eigenvalue weighted by Crippen LogP contribution is 2.17. The smallest absolute Gasteiger partial charge is 0.348 e. The summed E-state index contributed by atoms with van der Waals surface area (Å²) in [6.45, 7) is 8.69. The van der Waals surface area contributed by atoms with Crippen molar-refractivity contribution in [2.75, 3.05) is 24.6 Å². The Hall–Kier alpha value is -2.28. The summed E-state index contributed by atoms with van der Waals surface area (Å²) in [4.78, 5) is 14.3. The summed E-state index contributed by atoms with van der Waals surface area (Å²) in [5, 5.41) is 9.25. The number of esters is 1. The molecule has 0 spiro atoms. The van der Waals surface area contributed by atoms with Crippen molar-refractivity contribution in [1.29, 1.82) is 5.26 Å². The molecular weight excluding hydrogens is 324 g/mol. The van der Waals surface area contributed by atoms with Crippen molar-refractivity contribution in [3.8, 4) is 6.07 Å². The Morgan fingerprint density at radius 2 is 1.65 bits per heavy atom. The molecular formula is C22H32N2O2. The number of hydrogen-bond acceptors (Lipinski definition) is 4. The van der Waals surface area contributed by atoms with Gasteiger partial charge in [0, 0.05) is 18.8 Å². The van der Waals surface area contributed by atoms with Gasteiger partial charge in [0.15, 0.2) is 0 Å². The predicted octanol–water partition coefficient (Wildman–Crippen LogP) is 5.34. The van der Waals surface area contributed by atoms with E-state index in [-0.39, 0.29) is 5.57 Å². The van der Waals surface area contributed by atoms with E-state index >= 15 is 0 Å². The molecule has 0 N–H and O–H groups in total. The second-order valence-corrected chi connectivity index (χ2v) is 6.34. The van der Waals surface area contributed by atoms with Gasteiger partial charge in [0.2, 0.25) is 0 Å². The van der Waals surface area contributed by atoms with Crippen LogP contribution in [0.3, 0.4) is 0 Å². The second kappa shape index (κ2) is 13.0. The van der Waals surface area contributed by atoms with Gasteiger partial charge < -0.3 is 9.64 Å². The zero-order valence-electron chi connectivity index (χ0n) is 16.5. The van der Waals surface area contributed by atoms with Gasteiger partial charge in [-0.3, -0.25) is 0 Å². The average Bonchev–Trinajstić information content (AvgIpc) is 2.67. The molecule has 0 atom stereocenters. The lowest BCUT2D eigenvalue weighted by molar-refractivity contribution is -0.138. The van der Waals surface area contributed by atoms with E-state index in [1.54, 1.807) is 6.08 Å². The van der Waals surface area contributed by atoms with E-state index in [4.69, 9.17) is 4.74 Å². The Bertz CT molecular complexity index is 596. The molecule has 0 fully saturated rings. The number of anilines is 1. The minimum atomic E-state index is -0.533. The fraction of sp³-hybridized carbons (Fsp3) is 0.545. The third kappa shape index (κ3) is 7.74. The molecule has 0 saturated carbocycles. The Morgan fingerprint density at radius 1 is 1.04 bits per heavy atom. The fourth-order valence-electron chi connectivity index (χ4n) is 2.80. The van der Waals surface area contributed by atoms with E-state index in [2.05, 4.69) is 25.7 Å². The molecule has 1 rings (SSSR count). The lowest BCUT2D eigenvalue weighted by Crippen LogP contribution is -2.21. The lowest BCUT2D eigenvalue weighted by Gasteiger charge is -2.20. The molecule has 0 unspecified atom stereocenters. The molecule has 0 aliphatic carbocycles. The van der Waals surface area contributed by atoms with Crippen molar-refractivity contribution in [2.45, 2.75) is 59.3 Å². The molecule has 4 heteroatoms. The standard InChI is InChI=1S/C22H32N2O2/c1-4-7-8-9-10-11-16-26-22(25)20(18-23)17-19-12-14-21(15-13-19)24(5-2)6-3/h12-15,17H,4-11,16H2,1-3H3/b20-17-. The maximum absolute atomic E-state index is 12.1. The van der Waals surface area contributed by atoms with Gasteiger partial charge in [0.05, 0.1) is 6.61 Å². The van der Waals surface area contributed by atoms with Crippen molar-refractivity contribution in [3.05, 3.63) is 35.4 Å². The molecule has 1 aromatic rings. The van der Waals surface area contributed by atoms with Gasteiger partial charge in [-0.05, 0) is 44.0 Å². The first-order valence-electron chi connectivity index (χ1n) is 9.80. The number of ether oxygens (including phenoxy) is 1. The van der Waals surface area contributed by atoms with Crippen molar-refractivity contribution < 1.29 is 9.53 Å². The van der Waals surface area contributed by atoms with E-state index < -0.39 is 5.97 Å². The van der Waals surface area contributed by atoms with E-state index in [0.29, 0.717) is 6.61 Å². The fourth-order valence-corrected chi connectivity index (χ4v) is 2.80. The number of nitriles is 1. The Morgan fingerprint density at radius 3 is 2.23 bits per heavy atom. The van der Waals surface area contributed by atoms with Crippen LogP contribution in [-0.4, -0.2) is 25.7 Å². The highest BCUT2D eigenvalue weighted by atomic mass is 16.5. The monoisotopic (exact) mass is 356 g/mol. The molecule has 0 aliphatic rings. The van der Waals surface area contributed by atoms with Crippen molar-refractivity contribution >= 4 is 17.7 Å². The number of carbonyl (C=O) groups is 1. The van der Waals surface area contributed by atoms with Gasteiger partial charge in [-0.2, -0.15) is 5.26 Å². The maximum Gasteiger partial charge on any atom is 0.348 e. The van der Waals surface area contributed by atoms with Crippen LogP contribution in [-0.2, 0) is 9.53 Å². The zero-order valence-corrected chi connectivity index (χ0v) is 16.5. The summed E-state index contributed by atoms with van der Waals surface area (Å²) >= 11 is 0. The minimum absolute atomic E-state index is 0.0478. The first kappa shape index (κ1) is 21.8. The number of hydrogen-bond donors (Lipinski definition) is 0. The van der Waals surface area contributed by atoms with Crippen LogP contribution >= 0.6 is 0 Å². The summed E-state index contributed by atoms with van der Waals surface area (Å²) in [7, 11) is 0. The Labute approximate surface area is 158 Å². The summed E-state index contributed by atoms with van der Waals surface area (Å²) in [5.41, 5.74) is 2.01. The van der Waals surface area contributed by atoms with Gasteiger partial charge in [0.1, 0.15) is 11.6 Å². The molecule has 4 nitrogen and oxygen atoms in total. The SMILES string of the molecule is CCCCCCCCOC(=O)/C(C#N)=C\c1ccc(N(CC)CC)cc1. The summed E-state index contributed by atoms with van der Waals surface area (Å²) in [6, 6.07) is 9.82. The number of benzene rings is 1. The van der Waals surface area contributed by atoms with Crippen LogP contribution in [0.4, 0.5) is 5.69 Å². The largest absolute Gasteiger partial charge is 0.462 e. The Balaban J connectivity index is 2.53. The molecule has 0 bridgehead atoms. The molecule has 0 radical (unpaired) electrons. The molecule has 26 heavy (non-hydrogen) atoms. The average molecular weight is 357 g/mol. The Kier molecular flexibility index (Phi) is 10.9. The molecule has 0 aromatic heterocycles. The molecule has 1 aromatic carbocycles. The topological polar surface area (TPSA) is 53.3 Å². The normalized spacial score (nSPS) is 11.1. The van der Waals surface area contributed by atoms with E-state index in [0.717, 1.165) is 37.2 Å². The molecule has 0 amide bonds. The van der Waals surface area contributed by atoms with Gasteiger partial charge in [-0.25, -0.2) is 4.79 Å². The van der Waals surface area contributed by atoms with Gasteiger partial charge in [-0.1, -0.05) is 51.2 Å². The van der Waals surface area contributed by atoms with Crippen LogP contribution in [0.5, 0.6) is 0 Å². The molecule has 0 saturated heterocycles. The minimum Gasteiger partial charge on any atom is -0.462 e. The van der Waals surface area contributed by atoms with Crippen molar-refractivity contribution in [1.82, 2.24) is 0 Å². The lowest BCUT2D eigenvalue weighted by atomic mass is 10.1. The summed E-state index contributed by atoms with van der Waals surface area (Å²) in [6.07, 6.45) is 8.39. The quantitative estimate of drug-likeness (QED) is 0.219. The zero-order chi connectivity index (χ0) is 19.2. The van der Waals surface area contributed by atoms with Crippen LogP contribution in [0.1, 0.15) is 64.9 Å². The number of rotatable bonds is 12. The second-order valence-electron chi connectivity index (χ2n) is 6.34. The predicted molar refractivity (Wildman–Crippen MR) is 108 cm³/mol. The van der Waals surface area contributed by atoms with E-state index in [9.17, 15) is 10.1 Å². The third-order valence-corrected chi connectivity index (χ3v) is 4.40. The highest BCUT2D eigenvalue weighted by Gasteiger charge is 2.10. The first-order chi connectivity index (χ1) is 12.7. The van der Waals surface area contributed by atoms with Crippen molar-refractivity contribution in [3.63, 3.8) is 0 Å². The van der Waals surface area contributed by atoms with Crippen LogP contribution in [0, 0.1) is 11.3 Å². The third-order valence-electron chi connectivity index (χ3n) is 4.40. The highest BCUT2D eigenvalue weighted by molar-refractivity contribution is 5.97. The molecule has 142 valence electrons. The van der Waals surface area contributed by atoms with Gasteiger partial charge in [-0.15, -0.1) is 0 Å². The van der Waals surface area contributed by atoms with Crippen LogP contribution in [0.25, 0.3) is 6.08 Å². The maximum atomic E-state index is 12.1. The number of nitrogens with zero attached hydrogens (tertiary/aromatic N) is 2. The van der Waals surface area contributed by atoms with Crippen molar-refractivity contribution in [2.24, 2.45) is 0 Å². The number of carbonyl (C=O) groups excluding carboxylic acids is 1. The summed E-state index contributed by atoms with van der Waals surface area (Å²) < 4.78 is 5.23. The first-order valence-corrected chi connectivity index (χ1v) is 9.80. The number of unbranched alkanes of at least 4 members (excludes halogenated alkanes) is 5. The molecule has 0 aliphatic heterocycles.